The van der Waals surface area contributed by atoms with Crippen molar-refractivity contribution in [2.24, 2.45) is 7.05 Å². The quantitative estimate of drug-likeness (QED) is 0.496. The summed E-state index contributed by atoms with van der Waals surface area (Å²) in [6.07, 6.45) is 1.94. The van der Waals surface area contributed by atoms with Crippen molar-refractivity contribution in [3.8, 4) is 0 Å². The van der Waals surface area contributed by atoms with E-state index < -0.39 is 0 Å². The van der Waals surface area contributed by atoms with Crippen LogP contribution in [0.25, 0.3) is 11.0 Å². The lowest BCUT2D eigenvalue weighted by atomic mass is 10.2. The molecule has 0 bridgehead atoms. The molecule has 1 fully saturated rings. The highest BCUT2D eigenvalue weighted by Gasteiger charge is 2.13. The van der Waals surface area contributed by atoms with Gasteiger partial charge in [0.05, 0.1) is 29.9 Å². The smallest absolute Gasteiger partial charge is 0.169 e. The Labute approximate surface area is 187 Å². The fourth-order valence-corrected chi connectivity index (χ4v) is 5.43. The number of aryl methyl sites for hydroxylation is 1. The summed E-state index contributed by atoms with van der Waals surface area (Å²) >= 11 is 3.68. The molecule has 0 saturated carbocycles. The molecular weight excluding hydrogens is 424 g/mol. The third-order valence-corrected chi connectivity index (χ3v) is 7.29. The fraction of sp³-hybridized carbons (Fsp3) is 0.429. The highest BCUT2D eigenvalue weighted by Crippen LogP contribution is 2.29. The van der Waals surface area contributed by atoms with E-state index >= 15 is 0 Å². The van der Waals surface area contributed by atoms with Crippen molar-refractivity contribution in [1.29, 1.82) is 0 Å². The summed E-state index contributed by atoms with van der Waals surface area (Å²) in [7, 11) is 2.08. The lowest BCUT2D eigenvalue weighted by molar-refractivity contribution is 0.0410. The summed E-state index contributed by atoms with van der Waals surface area (Å²) in [4.78, 5) is 13.2. The van der Waals surface area contributed by atoms with Gasteiger partial charge in [-0.15, -0.1) is 24.2 Å². The van der Waals surface area contributed by atoms with Gasteiger partial charge in [0, 0.05) is 49.3 Å². The van der Waals surface area contributed by atoms with Gasteiger partial charge in [-0.05, 0) is 30.7 Å². The molecule has 2 aromatic heterocycles. The molecule has 8 heteroatoms. The van der Waals surface area contributed by atoms with Gasteiger partial charge in [0.2, 0.25) is 0 Å². The number of aromatic nitrogens is 3. The summed E-state index contributed by atoms with van der Waals surface area (Å²) in [5.74, 6) is 1.93. The molecule has 1 saturated heterocycles. The summed E-state index contributed by atoms with van der Waals surface area (Å²) in [5.41, 5.74) is 4.65. The number of imidazole rings is 1. The molecular formula is C21H27ClN4OS2. The first-order valence-corrected chi connectivity index (χ1v) is 11.6. The van der Waals surface area contributed by atoms with Crippen molar-refractivity contribution in [3.05, 3.63) is 47.8 Å². The monoisotopic (exact) mass is 450 g/mol. The van der Waals surface area contributed by atoms with E-state index in [1.165, 1.54) is 16.0 Å². The van der Waals surface area contributed by atoms with Crippen molar-refractivity contribution in [2.75, 3.05) is 38.6 Å². The van der Waals surface area contributed by atoms with Gasteiger partial charge in [0.1, 0.15) is 0 Å². The van der Waals surface area contributed by atoms with Gasteiger partial charge in [-0.2, -0.15) is 0 Å². The van der Waals surface area contributed by atoms with E-state index in [0.717, 1.165) is 60.7 Å². The number of hydrogen-bond donors (Lipinski definition) is 0. The molecule has 1 aliphatic rings. The highest BCUT2D eigenvalue weighted by atomic mass is 35.5. The Morgan fingerprint density at radius 3 is 2.69 bits per heavy atom. The van der Waals surface area contributed by atoms with Crippen LogP contribution in [0.1, 0.15) is 11.3 Å². The number of halogens is 1. The molecule has 156 valence electrons. The Hall–Kier alpha value is -1.25. The number of morpholine rings is 1. The molecule has 5 nitrogen and oxygen atoms in total. The Bertz CT molecular complexity index is 944. The van der Waals surface area contributed by atoms with Gasteiger partial charge >= 0.3 is 0 Å². The van der Waals surface area contributed by atoms with Crippen LogP contribution in [0.2, 0.25) is 0 Å². The molecule has 0 spiro atoms. The summed E-state index contributed by atoms with van der Waals surface area (Å²) in [6.45, 7) is 7.13. The first-order chi connectivity index (χ1) is 13.7. The van der Waals surface area contributed by atoms with E-state index in [1.807, 2.05) is 24.0 Å². The molecule has 3 heterocycles. The largest absolute Gasteiger partial charge is 0.379 e. The number of thioether (sulfide) groups is 2. The van der Waals surface area contributed by atoms with Crippen LogP contribution in [0.3, 0.4) is 0 Å². The third-order valence-electron chi connectivity index (χ3n) is 5.11. The molecule has 0 radical (unpaired) electrons. The lowest BCUT2D eigenvalue weighted by Gasteiger charge is -2.26. The molecule has 1 aromatic carbocycles. The topological polar surface area (TPSA) is 43.2 Å². The van der Waals surface area contributed by atoms with Crippen LogP contribution in [-0.4, -0.2) is 58.0 Å². The normalized spacial score (nSPS) is 14.8. The molecule has 1 aliphatic heterocycles. The molecule has 0 unspecified atom stereocenters. The Balaban J connectivity index is 0.00000240. The van der Waals surface area contributed by atoms with Gasteiger partial charge in [-0.3, -0.25) is 9.88 Å². The fourth-order valence-electron chi connectivity index (χ4n) is 3.36. The maximum absolute atomic E-state index is 5.42. The zero-order chi connectivity index (χ0) is 19.3. The van der Waals surface area contributed by atoms with Gasteiger partial charge in [0.25, 0.3) is 0 Å². The second-order valence-corrected chi connectivity index (χ2v) is 8.99. The second kappa shape index (κ2) is 10.7. The number of benzene rings is 1. The Morgan fingerprint density at radius 1 is 1.10 bits per heavy atom. The zero-order valence-corrected chi connectivity index (χ0v) is 19.3. The van der Waals surface area contributed by atoms with E-state index in [4.69, 9.17) is 9.72 Å². The van der Waals surface area contributed by atoms with Crippen LogP contribution < -0.4 is 0 Å². The minimum atomic E-state index is 0. The molecule has 0 N–H and O–H groups in total. The van der Waals surface area contributed by atoms with E-state index in [9.17, 15) is 0 Å². The third kappa shape index (κ3) is 5.47. The van der Waals surface area contributed by atoms with Crippen LogP contribution in [0.5, 0.6) is 0 Å². The van der Waals surface area contributed by atoms with Gasteiger partial charge in [0.15, 0.2) is 5.16 Å². The second-order valence-electron chi connectivity index (χ2n) is 6.91. The van der Waals surface area contributed by atoms with Crippen molar-refractivity contribution in [2.45, 2.75) is 22.7 Å². The van der Waals surface area contributed by atoms with Gasteiger partial charge in [-0.25, -0.2) is 4.98 Å². The number of pyridine rings is 1. The average Bonchev–Trinajstić information content (AvgIpc) is 3.05. The van der Waals surface area contributed by atoms with Crippen LogP contribution in [0, 0.1) is 6.92 Å². The first kappa shape index (κ1) is 22.4. The molecule has 3 aromatic rings. The standard InChI is InChI=1S/C21H26N4OS2.ClH/c1-16-18(15-28-21-23-17-5-3-4-6-19(17)24(21)2)22-8-7-20(16)27-14-11-25-9-12-26-13-10-25;/h3-8H,9-15H2,1-2H3;1H. The number of para-hydroxylation sites is 2. The van der Waals surface area contributed by atoms with Crippen molar-refractivity contribution in [1.82, 2.24) is 19.4 Å². The predicted octanol–water partition coefficient (Wildman–Crippen LogP) is 4.42. The average molecular weight is 451 g/mol. The molecule has 0 atom stereocenters. The van der Waals surface area contributed by atoms with E-state index in [-0.39, 0.29) is 12.4 Å². The van der Waals surface area contributed by atoms with Crippen LogP contribution in [0.4, 0.5) is 0 Å². The molecule has 0 aliphatic carbocycles. The number of nitrogens with zero attached hydrogens (tertiary/aromatic N) is 4. The van der Waals surface area contributed by atoms with Crippen LogP contribution in [0.15, 0.2) is 46.6 Å². The maximum Gasteiger partial charge on any atom is 0.169 e. The van der Waals surface area contributed by atoms with E-state index in [0.29, 0.717) is 0 Å². The molecule has 0 amide bonds. The minimum Gasteiger partial charge on any atom is -0.379 e. The predicted molar refractivity (Wildman–Crippen MR) is 124 cm³/mol. The Kier molecular flexibility index (Phi) is 8.26. The highest BCUT2D eigenvalue weighted by molar-refractivity contribution is 7.99. The lowest BCUT2D eigenvalue weighted by Crippen LogP contribution is -2.37. The first-order valence-electron chi connectivity index (χ1n) is 9.64. The number of fused-ring (bicyclic) bond motifs is 1. The number of hydrogen-bond acceptors (Lipinski definition) is 6. The zero-order valence-electron chi connectivity index (χ0n) is 16.8. The summed E-state index contributed by atoms with van der Waals surface area (Å²) in [6, 6.07) is 10.4. The van der Waals surface area contributed by atoms with Crippen molar-refractivity contribution in [3.63, 3.8) is 0 Å². The SMILES string of the molecule is Cc1c(SCCN2CCOCC2)ccnc1CSc1nc2ccccc2n1C.Cl. The minimum absolute atomic E-state index is 0. The van der Waals surface area contributed by atoms with Gasteiger partial charge < -0.3 is 9.30 Å². The van der Waals surface area contributed by atoms with E-state index in [2.05, 4.69) is 52.7 Å². The van der Waals surface area contributed by atoms with Gasteiger partial charge in [-0.1, -0.05) is 23.9 Å². The maximum atomic E-state index is 5.42. The van der Waals surface area contributed by atoms with Crippen LogP contribution in [-0.2, 0) is 17.5 Å². The van der Waals surface area contributed by atoms with Crippen LogP contribution >= 0.6 is 35.9 Å². The Morgan fingerprint density at radius 2 is 1.90 bits per heavy atom. The molecule has 29 heavy (non-hydrogen) atoms. The van der Waals surface area contributed by atoms with Crippen molar-refractivity contribution >= 4 is 47.0 Å². The summed E-state index contributed by atoms with van der Waals surface area (Å²) in [5, 5.41) is 1.03. The number of ether oxygens (including phenoxy) is 1. The molecule has 4 rings (SSSR count). The number of rotatable bonds is 7. The van der Waals surface area contributed by atoms with Crippen molar-refractivity contribution < 1.29 is 4.74 Å². The van der Waals surface area contributed by atoms with E-state index in [1.54, 1.807) is 11.8 Å². The summed E-state index contributed by atoms with van der Waals surface area (Å²) < 4.78 is 7.59.